The Balaban J connectivity index is 1.46. The van der Waals surface area contributed by atoms with Crippen molar-refractivity contribution in [3.63, 3.8) is 0 Å². The molecular weight excluding hydrogens is 430 g/mol. The Labute approximate surface area is 197 Å². The monoisotopic (exact) mass is 453 g/mol. The average molecular weight is 454 g/mol. The highest BCUT2D eigenvalue weighted by Crippen LogP contribution is 2.19. The number of carbonyl (C=O) groups excluding carboxylic acids is 2. The number of terminal acetylenes is 1. The van der Waals surface area contributed by atoms with E-state index in [4.69, 9.17) is 6.42 Å². The molecule has 0 radical (unpaired) electrons. The number of pyridine rings is 1. The van der Waals surface area contributed by atoms with Gasteiger partial charge in [0.15, 0.2) is 0 Å². The maximum absolute atomic E-state index is 12.9. The van der Waals surface area contributed by atoms with Crippen LogP contribution in [0.15, 0.2) is 71.9 Å². The van der Waals surface area contributed by atoms with Crippen LogP contribution in [-0.2, 0) is 0 Å². The normalized spacial score (nSPS) is 12.6. The number of nitrogens with zero attached hydrogens (tertiary/aromatic N) is 3. The van der Waals surface area contributed by atoms with Crippen LogP contribution in [0.25, 0.3) is 0 Å². The number of carbonyl (C=O) groups is 2. The highest BCUT2D eigenvalue weighted by molar-refractivity contribution is 6.12. The van der Waals surface area contributed by atoms with Crippen LogP contribution in [0.2, 0.25) is 0 Å². The molecule has 0 saturated carbocycles. The number of aliphatic hydroxyl groups is 1. The molecule has 2 amide bonds. The van der Waals surface area contributed by atoms with Crippen molar-refractivity contribution in [2.24, 2.45) is 4.99 Å². The fourth-order valence-electron chi connectivity index (χ4n) is 3.59. The predicted octanol–water partition coefficient (Wildman–Crippen LogP) is 2.62. The van der Waals surface area contributed by atoms with Gasteiger partial charge in [-0.2, -0.15) is 0 Å². The summed E-state index contributed by atoms with van der Waals surface area (Å²) in [7, 11) is 0. The van der Waals surface area contributed by atoms with Gasteiger partial charge in [-0.25, -0.2) is 4.98 Å². The number of benzene rings is 2. The number of amidine groups is 1. The van der Waals surface area contributed by atoms with E-state index in [0.717, 1.165) is 17.9 Å². The Morgan fingerprint density at radius 1 is 1.03 bits per heavy atom. The van der Waals surface area contributed by atoms with Crippen molar-refractivity contribution in [3.8, 4) is 12.3 Å². The molecule has 1 aromatic heterocycles. The molecule has 0 atom stereocenters. The molecule has 2 aromatic carbocycles. The minimum absolute atomic E-state index is 0.0543. The predicted molar refractivity (Wildman–Crippen MR) is 131 cm³/mol. The molecule has 0 spiro atoms. The summed E-state index contributed by atoms with van der Waals surface area (Å²) < 4.78 is 0. The Kier molecular flexibility index (Phi) is 6.96. The number of β-amino-alcohol motifs (C(OH)–C–C–N with tert-alkyl or cyclic N) is 1. The van der Waals surface area contributed by atoms with Crippen LogP contribution >= 0.6 is 0 Å². The van der Waals surface area contributed by atoms with Crippen LogP contribution in [0.3, 0.4) is 0 Å². The lowest BCUT2D eigenvalue weighted by Crippen LogP contribution is -2.31. The second-order valence-electron chi connectivity index (χ2n) is 7.52. The van der Waals surface area contributed by atoms with Gasteiger partial charge in [-0.1, -0.05) is 30.2 Å². The first-order valence-corrected chi connectivity index (χ1v) is 10.7. The zero-order chi connectivity index (χ0) is 23.9. The van der Waals surface area contributed by atoms with Crippen molar-refractivity contribution in [3.05, 3.63) is 89.1 Å². The van der Waals surface area contributed by atoms with Crippen LogP contribution in [0.5, 0.6) is 0 Å². The largest absolute Gasteiger partial charge is 0.395 e. The van der Waals surface area contributed by atoms with Crippen molar-refractivity contribution in [1.29, 1.82) is 0 Å². The highest BCUT2D eigenvalue weighted by Gasteiger charge is 2.19. The van der Waals surface area contributed by atoms with E-state index in [1.54, 1.807) is 48.5 Å². The third-order valence-electron chi connectivity index (χ3n) is 5.30. The van der Waals surface area contributed by atoms with Gasteiger partial charge in [-0.05, 0) is 36.4 Å². The second-order valence-corrected chi connectivity index (χ2v) is 7.52. The molecule has 1 aliphatic rings. The smallest absolute Gasteiger partial charge is 0.258 e. The second kappa shape index (κ2) is 10.4. The fourth-order valence-corrected chi connectivity index (χ4v) is 3.59. The summed E-state index contributed by atoms with van der Waals surface area (Å²) in [5.41, 5.74) is 2.61. The molecule has 0 aliphatic carbocycles. The molecule has 0 unspecified atom stereocenters. The fraction of sp³-hybridized carbons (Fsp3) is 0.154. The van der Waals surface area contributed by atoms with Gasteiger partial charge >= 0.3 is 0 Å². The quantitative estimate of drug-likeness (QED) is 0.477. The first-order valence-electron chi connectivity index (χ1n) is 10.7. The maximum Gasteiger partial charge on any atom is 0.258 e. The van der Waals surface area contributed by atoms with E-state index in [2.05, 4.69) is 26.5 Å². The summed E-state index contributed by atoms with van der Waals surface area (Å²) in [6.45, 7) is 2.02. The van der Waals surface area contributed by atoms with Gasteiger partial charge in [0, 0.05) is 36.0 Å². The Morgan fingerprint density at radius 2 is 1.82 bits per heavy atom. The number of hydrogen-bond acceptors (Lipinski definition) is 6. The molecule has 8 nitrogen and oxygen atoms in total. The number of aliphatic hydroxyl groups excluding tert-OH is 1. The average Bonchev–Trinajstić information content (AvgIpc) is 3.33. The van der Waals surface area contributed by atoms with Gasteiger partial charge in [0.25, 0.3) is 11.8 Å². The Bertz CT molecular complexity index is 1260. The van der Waals surface area contributed by atoms with Crippen molar-refractivity contribution in [2.75, 3.05) is 36.9 Å². The molecule has 4 rings (SSSR count). The molecule has 170 valence electrons. The Morgan fingerprint density at radius 3 is 2.53 bits per heavy atom. The third kappa shape index (κ3) is 5.11. The molecular formula is C26H23N5O3. The van der Waals surface area contributed by atoms with Gasteiger partial charge in [0.05, 0.1) is 24.4 Å². The van der Waals surface area contributed by atoms with Gasteiger partial charge in [-0.3, -0.25) is 14.6 Å². The summed E-state index contributed by atoms with van der Waals surface area (Å²) in [4.78, 5) is 36.3. The first-order chi connectivity index (χ1) is 16.6. The van der Waals surface area contributed by atoms with Crippen molar-refractivity contribution in [1.82, 2.24) is 9.88 Å². The minimum atomic E-state index is -0.407. The summed E-state index contributed by atoms with van der Waals surface area (Å²) in [6.07, 6.45) is 6.82. The van der Waals surface area contributed by atoms with Crippen LogP contribution in [0.4, 0.5) is 11.5 Å². The van der Waals surface area contributed by atoms with E-state index >= 15 is 0 Å². The van der Waals surface area contributed by atoms with Gasteiger partial charge < -0.3 is 20.6 Å². The molecule has 1 aliphatic heterocycles. The van der Waals surface area contributed by atoms with Crippen molar-refractivity contribution in [2.45, 2.75) is 0 Å². The SMILES string of the molecule is C#Cc1ccc(NC(=O)c2ccccc2NC(=O)c2ccc(C3=NCCN3CCO)cc2)nc1. The lowest BCUT2D eigenvalue weighted by Gasteiger charge is -2.19. The van der Waals surface area contributed by atoms with Crippen LogP contribution in [-0.4, -0.2) is 58.9 Å². The van der Waals surface area contributed by atoms with Crippen molar-refractivity contribution < 1.29 is 14.7 Å². The molecule has 34 heavy (non-hydrogen) atoms. The van der Waals surface area contributed by atoms with Crippen LogP contribution in [0, 0.1) is 12.3 Å². The zero-order valence-electron chi connectivity index (χ0n) is 18.4. The number of hydrogen-bond donors (Lipinski definition) is 3. The van der Waals surface area contributed by atoms with E-state index < -0.39 is 5.91 Å². The lowest BCUT2D eigenvalue weighted by atomic mass is 10.1. The third-order valence-corrected chi connectivity index (χ3v) is 5.30. The topological polar surface area (TPSA) is 107 Å². The maximum atomic E-state index is 12.9. The van der Waals surface area contributed by atoms with Crippen LogP contribution < -0.4 is 10.6 Å². The first kappa shape index (κ1) is 22.7. The highest BCUT2D eigenvalue weighted by atomic mass is 16.3. The molecule has 3 aromatic rings. The summed E-state index contributed by atoms with van der Waals surface area (Å²) >= 11 is 0. The number of aromatic nitrogens is 1. The Hall–Kier alpha value is -4.48. The molecule has 0 fully saturated rings. The standard InChI is InChI=1S/C26H23N5O3/c1-2-18-7-12-23(28-17-18)30-26(34)21-5-3-4-6-22(21)29-25(33)20-10-8-19(9-11-20)24-27-13-14-31(24)15-16-32/h1,3-12,17,32H,13-16H2,(H,29,33)(H,28,30,34). The van der Waals surface area contributed by atoms with E-state index in [9.17, 15) is 14.7 Å². The minimum Gasteiger partial charge on any atom is -0.395 e. The van der Waals surface area contributed by atoms with Crippen LogP contribution in [0.1, 0.15) is 31.8 Å². The van der Waals surface area contributed by atoms with Gasteiger partial charge in [0.2, 0.25) is 0 Å². The molecule has 0 saturated heterocycles. The van der Waals surface area contributed by atoms with E-state index in [1.165, 1.54) is 6.20 Å². The number of amides is 2. The van der Waals surface area contributed by atoms with Gasteiger partial charge in [0.1, 0.15) is 11.7 Å². The van der Waals surface area contributed by atoms with Gasteiger partial charge in [-0.15, -0.1) is 6.42 Å². The number of anilines is 2. The number of aliphatic imine (C=N–C) groups is 1. The molecule has 3 N–H and O–H groups in total. The summed E-state index contributed by atoms with van der Waals surface area (Å²) in [5.74, 6) is 2.88. The zero-order valence-corrected chi connectivity index (χ0v) is 18.4. The number of nitrogens with one attached hydrogen (secondary N) is 2. The van der Waals surface area contributed by atoms with Crippen molar-refractivity contribution >= 4 is 29.2 Å². The molecule has 2 heterocycles. The molecule has 8 heteroatoms. The lowest BCUT2D eigenvalue weighted by molar-refractivity contribution is 0.102. The number of rotatable bonds is 7. The van der Waals surface area contributed by atoms with E-state index in [-0.39, 0.29) is 12.5 Å². The molecule has 0 bridgehead atoms. The summed E-state index contributed by atoms with van der Waals surface area (Å²) in [6, 6.07) is 17.1. The van der Waals surface area contributed by atoms with E-state index in [1.807, 2.05) is 17.0 Å². The summed E-state index contributed by atoms with van der Waals surface area (Å²) in [5, 5.41) is 14.7. The number of para-hydroxylation sites is 1. The van der Waals surface area contributed by atoms with E-state index in [0.29, 0.717) is 41.3 Å².